The Kier molecular flexibility index (Phi) is 5.22. The van der Waals surface area contributed by atoms with Gasteiger partial charge in [0.15, 0.2) is 5.16 Å². The van der Waals surface area contributed by atoms with Crippen LogP contribution in [0.2, 0.25) is 5.02 Å². The maximum atomic E-state index is 13.6. The van der Waals surface area contributed by atoms with E-state index in [0.717, 1.165) is 23.0 Å². The van der Waals surface area contributed by atoms with Crippen molar-refractivity contribution in [1.29, 1.82) is 0 Å². The highest BCUT2D eigenvalue weighted by Gasteiger charge is 2.08. The molecule has 0 aliphatic carbocycles. The average molecular weight is 365 g/mol. The van der Waals surface area contributed by atoms with E-state index in [1.54, 1.807) is 12.1 Å². The van der Waals surface area contributed by atoms with Crippen LogP contribution in [0.1, 0.15) is 5.56 Å². The summed E-state index contributed by atoms with van der Waals surface area (Å²) in [6, 6.07) is 11.7. The fourth-order valence-electron chi connectivity index (χ4n) is 2.18. The third kappa shape index (κ3) is 3.98. The molecule has 24 heavy (non-hydrogen) atoms. The van der Waals surface area contributed by atoms with Gasteiger partial charge in [0.1, 0.15) is 5.82 Å². The first-order chi connectivity index (χ1) is 11.6. The molecule has 0 atom stereocenters. The smallest absolute Gasteiger partial charge is 0.325 e. The zero-order valence-corrected chi connectivity index (χ0v) is 14.0. The minimum atomic E-state index is -0.382. The maximum absolute atomic E-state index is 13.6. The first-order valence-electron chi connectivity index (χ1n) is 7.22. The lowest BCUT2D eigenvalue weighted by Crippen LogP contribution is -2.33. The van der Waals surface area contributed by atoms with Crippen LogP contribution in [0, 0.1) is 5.82 Å². The molecule has 0 saturated heterocycles. The number of urea groups is 1. The van der Waals surface area contributed by atoms with Crippen LogP contribution < -0.4 is 10.0 Å². The van der Waals surface area contributed by atoms with Gasteiger partial charge in [0, 0.05) is 29.1 Å². The molecule has 1 heterocycles. The molecule has 1 aromatic heterocycles. The lowest BCUT2D eigenvalue weighted by molar-refractivity contribution is 0.246. The van der Waals surface area contributed by atoms with E-state index in [0.29, 0.717) is 22.2 Å². The second-order valence-electron chi connectivity index (χ2n) is 4.97. The monoisotopic (exact) mass is 364 g/mol. The van der Waals surface area contributed by atoms with Gasteiger partial charge in [0.2, 0.25) is 0 Å². The molecule has 0 radical (unpaired) electrons. The van der Waals surface area contributed by atoms with E-state index < -0.39 is 0 Å². The quantitative estimate of drug-likeness (QED) is 0.601. The van der Waals surface area contributed by atoms with Crippen molar-refractivity contribution in [2.24, 2.45) is 0 Å². The van der Waals surface area contributed by atoms with Crippen LogP contribution in [0.15, 0.2) is 47.6 Å². The lowest BCUT2D eigenvalue weighted by atomic mass is 10.1. The molecule has 3 N–H and O–H groups in total. The fourth-order valence-corrected chi connectivity index (χ4v) is 3.00. The molecule has 0 saturated carbocycles. The molecule has 5 nitrogen and oxygen atoms in total. The van der Waals surface area contributed by atoms with E-state index in [4.69, 9.17) is 11.6 Å². The van der Waals surface area contributed by atoms with E-state index in [1.165, 1.54) is 6.07 Å². The molecule has 2 amide bonds. The fraction of sp³-hybridized carbons (Fsp3) is 0.125. The number of nitrogens with zero attached hydrogens (tertiary/aromatic N) is 1. The number of imidazole rings is 1. The predicted octanol–water partition coefficient (Wildman–Crippen LogP) is 3.90. The third-order valence-corrected chi connectivity index (χ3v) is 4.36. The number of carbonyl (C=O) groups is 1. The zero-order valence-electron chi connectivity index (χ0n) is 12.5. The molecule has 8 heteroatoms. The van der Waals surface area contributed by atoms with E-state index >= 15 is 0 Å². The Morgan fingerprint density at radius 3 is 2.88 bits per heavy atom. The van der Waals surface area contributed by atoms with Crippen molar-refractivity contribution >= 4 is 40.6 Å². The molecular weight excluding hydrogens is 351 g/mol. The Morgan fingerprint density at radius 2 is 2.08 bits per heavy atom. The summed E-state index contributed by atoms with van der Waals surface area (Å²) in [6.07, 6.45) is 0.314. The Labute approximate surface area is 147 Å². The topological polar surface area (TPSA) is 69.8 Å². The number of hydrogen-bond donors (Lipinski definition) is 3. The highest BCUT2D eigenvalue weighted by atomic mass is 35.5. The van der Waals surface area contributed by atoms with Crippen LogP contribution in [0.4, 0.5) is 9.18 Å². The second kappa shape index (κ2) is 7.55. The molecule has 124 valence electrons. The first-order valence-corrected chi connectivity index (χ1v) is 8.41. The minimum absolute atomic E-state index is 0.271. The van der Waals surface area contributed by atoms with Gasteiger partial charge in [0.05, 0.1) is 11.0 Å². The standard InChI is InChI=1S/C16H14ClFN4OS/c17-11-4-3-5-12(18)10(11)8-9-19-15(23)22-24-16-20-13-6-1-2-7-14(13)21-16/h1-7H,8-9H2,(H,20,21)(H2,19,22,23). The van der Waals surface area contributed by atoms with Gasteiger partial charge < -0.3 is 10.3 Å². The highest BCUT2D eigenvalue weighted by molar-refractivity contribution is 7.97. The zero-order chi connectivity index (χ0) is 16.9. The number of hydrogen-bond acceptors (Lipinski definition) is 3. The van der Waals surface area contributed by atoms with Crippen LogP contribution in [0.5, 0.6) is 0 Å². The number of carbonyl (C=O) groups excluding carboxylic acids is 1. The van der Waals surface area contributed by atoms with Crippen LogP contribution in [-0.2, 0) is 6.42 Å². The van der Waals surface area contributed by atoms with Gasteiger partial charge in [-0.15, -0.1) is 0 Å². The second-order valence-corrected chi connectivity index (χ2v) is 6.17. The van der Waals surface area contributed by atoms with Gasteiger partial charge in [-0.2, -0.15) is 0 Å². The van der Waals surface area contributed by atoms with E-state index in [9.17, 15) is 9.18 Å². The van der Waals surface area contributed by atoms with Gasteiger partial charge in [-0.25, -0.2) is 14.2 Å². The van der Waals surface area contributed by atoms with Crippen molar-refractivity contribution in [3.05, 3.63) is 58.9 Å². The van der Waals surface area contributed by atoms with Gasteiger partial charge in [-0.05, 0) is 30.7 Å². The average Bonchev–Trinajstić information content (AvgIpc) is 2.98. The molecule has 2 aromatic carbocycles. The largest absolute Gasteiger partial charge is 0.337 e. The normalized spacial score (nSPS) is 10.8. The molecule has 0 bridgehead atoms. The number of aromatic amines is 1. The third-order valence-electron chi connectivity index (χ3n) is 3.33. The summed E-state index contributed by atoms with van der Waals surface area (Å²) in [7, 11) is 0. The summed E-state index contributed by atoms with van der Waals surface area (Å²) in [5.41, 5.74) is 2.12. The summed E-state index contributed by atoms with van der Waals surface area (Å²) in [5.74, 6) is -0.374. The van der Waals surface area contributed by atoms with Gasteiger partial charge in [-0.3, -0.25) is 4.72 Å². The number of H-pyrrole nitrogens is 1. The minimum Gasteiger partial charge on any atom is -0.337 e. The SMILES string of the molecule is O=C(NCCc1c(F)cccc1Cl)NSc1nc2ccccc2[nH]1. The number of benzene rings is 2. The summed E-state index contributed by atoms with van der Waals surface area (Å²) >= 11 is 7.02. The van der Waals surface area contributed by atoms with Crippen LogP contribution >= 0.6 is 23.5 Å². The van der Waals surface area contributed by atoms with Crippen LogP contribution in [0.3, 0.4) is 0 Å². The number of aromatic nitrogens is 2. The summed E-state index contributed by atoms with van der Waals surface area (Å²) in [4.78, 5) is 19.2. The Bertz CT molecular complexity index is 817. The van der Waals surface area contributed by atoms with Crippen molar-refractivity contribution in [3.8, 4) is 0 Å². The van der Waals surface area contributed by atoms with Crippen molar-refractivity contribution in [2.45, 2.75) is 11.6 Å². The summed E-state index contributed by atoms with van der Waals surface area (Å²) in [5, 5.41) is 3.59. The molecule has 3 rings (SSSR count). The Balaban J connectivity index is 1.47. The molecular formula is C16H14ClFN4OS. The molecule has 0 fully saturated rings. The van der Waals surface area contributed by atoms with Gasteiger partial charge in [-0.1, -0.05) is 29.8 Å². The summed E-state index contributed by atoms with van der Waals surface area (Å²) < 4.78 is 16.2. The van der Waals surface area contributed by atoms with Crippen molar-refractivity contribution < 1.29 is 9.18 Å². The van der Waals surface area contributed by atoms with Gasteiger partial charge in [0.25, 0.3) is 0 Å². The molecule has 0 unspecified atom stereocenters. The number of para-hydroxylation sites is 2. The van der Waals surface area contributed by atoms with E-state index in [-0.39, 0.29) is 18.4 Å². The first kappa shape index (κ1) is 16.6. The Morgan fingerprint density at radius 1 is 1.25 bits per heavy atom. The number of halogens is 2. The number of amides is 2. The molecule has 3 aromatic rings. The van der Waals surface area contributed by atoms with E-state index in [2.05, 4.69) is 20.0 Å². The Hall–Kier alpha value is -2.25. The number of nitrogens with one attached hydrogen (secondary N) is 3. The number of rotatable bonds is 5. The molecule has 0 spiro atoms. The highest BCUT2D eigenvalue weighted by Crippen LogP contribution is 2.19. The van der Waals surface area contributed by atoms with Crippen molar-refractivity contribution in [3.63, 3.8) is 0 Å². The van der Waals surface area contributed by atoms with Gasteiger partial charge >= 0.3 is 6.03 Å². The molecule has 0 aliphatic rings. The number of fused-ring (bicyclic) bond motifs is 1. The van der Waals surface area contributed by atoms with Crippen molar-refractivity contribution in [2.75, 3.05) is 6.54 Å². The van der Waals surface area contributed by atoms with Crippen LogP contribution in [-0.4, -0.2) is 22.5 Å². The van der Waals surface area contributed by atoms with Crippen molar-refractivity contribution in [1.82, 2.24) is 20.0 Å². The maximum Gasteiger partial charge on any atom is 0.325 e. The molecule has 0 aliphatic heterocycles. The predicted molar refractivity (Wildman–Crippen MR) is 93.6 cm³/mol. The lowest BCUT2D eigenvalue weighted by Gasteiger charge is -2.08. The van der Waals surface area contributed by atoms with Crippen LogP contribution in [0.25, 0.3) is 11.0 Å². The van der Waals surface area contributed by atoms with E-state index in [1.807, 2.05) is 24.3 Å². The summed E-state index contributed by atoms with van der Waals surface area (Å²) in [6.45, 7) is 0.271.